The third-order valence-corrected chi connectivity index (χ3v) is 2.39. The van der Waals surface area contributed by atoms with Gasteiger partial charge in [-0.05, 0) is 36.1 Å². The van der Waals surface area contributed by atoms with Gasteiger partial charge in [-0.15, -0.1) is 0 Å². The summed E-state index contributed by atoms with van der Waals surface area (Å²) in [6.45, 7) is 4.33. The molecule has 1 rings (SSSR count). The highest BCUT2D eigenvalue weighted by molar-refractivity contribution is 5.89. The number of nitrogens with two attached hydrogens (primary N) is 1. The maximum Gasteiger partial charge on any atom is 0.190 e. The Hall–Kier alpha value is -1.51. The van der Waals surface area contributed by atoms with Crippen LogP contribution in [0.15, 0.2) is 18.2 Å². The quantitative estimate of drug-likeness (QED) is 0.522. The molecule has 1 aromatic carbocycles. The van der Waals surface area contributed by atoms with Gasteiger partial charge in [-0.3, -0.25) is 5.41 Å². The maximum absolute atomic E-state index is 7.16. The molecule has 0 bridgehead atoms. The van der Waals surface area contributed by atoms with Gasteiger partial charge in [0.25, 0.3) is 0 Å². The van der Waals surface area contributed by atoms with Gasteiger partial charge in [0.05, 0.1) is 0 Å². The van der Waals surface area contributed by atoms with Gasteiger partial charge in [0.2, 0.25) is 0 Å². The molecule has 3 nitrogen and oxygen atoms in total. The van der Waals surface area contributed by atoms with E-state index in [0.717, 1.165) is 24.9 Å². The van der Waals surface area contributed by atoms with Crippen molar-refractivity contribution in [1.82, 2.24) is 0 Å². The second-order valence-electron chi connectivity index (χ2n) is 3.63. The van der Waals surface area contributed by atoms with Crippen molar-refractivity contribution in [2.75, 3.05) is 5.32 Å². The summed E-state index contributed by atoms with van der Waals surface area (Å²) in [5.74, 6) is -0.0136. The summed E-state index contributed by atoms with van der Waals surface area (Å²) in [4.78, 5) is 0. The number of hydrogen-bond acceptors (Lipinski definition) is 1. The van der Waals surface area contributed by atoms with Crippen LogP contribution in [0.2, 0.25) is 0 Å². The first-order valence-corrected chi connectivity index (χ1v) is 5.40. The number of nitrogens with one attached hydrogen (secondary N) is 2. The van der Waals surface area contributed by atoms with E-state index in [-0.39, 0.29) is 5.96 Å². The van der Waals surface area contributed by atoms with Crippen LogP contribution in [0.5, 0.6) is 0 Å². The van der Waals surface area contributed by atoms with Crippen molar-refractivity contribution in [2.24, 2.45) is 5.73 Å². The van der Waals surface area contributed by atoms with Crippen molar-refractivity contribution in [3.8, 4) is 0 Å². The molecular weight excluding hydrogens is 186 g/mol. The molecule has 82 valence electrons. The smallest absolute Gasteiger partial charge is 0.190 e. The van der Waals surface area contributed by atoms with Gasteiger partial charge < -0.3 is 11.1 Å². The topological polar surface area (TPSA) is 61.9 Å². The molecule has 0 atom stereocenters. The summed E-state index contributed by atoms with van der Waals surface area (Å²) in [5.41, 5.74) is 8.92. The normalized spacial score (nSPS) is 10.0. The third-order valence-electron chi connectivity index (χ3n) is 2.39. The summed E-state index contributed by atoms with van der Waals surface area (Å²) >= 11 is 0. The molecule has 0 aliphatic carbocycles. The lowest BCUT2D eigenvalue weighted by Gasteiger charge is -2.10. The molecule has 0 spiro atoms. The number of guanidine groups is 1. The highest BCUT2D eigenvalue weighted by Gasteiger charge is 2.02. The molecule has 3 heteroatoms. The molecule has 0 unspecified atom stereocenters. The fourth-order valence-corrected chi connectivity index (χ4v) is 1.70. The molecule has 0 amide bonds. The molecule has 0 aliphatic rings. The zero-order valence-corrected chi connectivity index (χ0v) is 9.43. The molecule has 1 aromatic rings. The van der Waals surface area contributed by atoms with Crippen LogP contribution in [0.1, 0.15) is 31.4 Å². The van der Waals surface area contributed by atoms with Crippen molar-refractivity contribution >= 4 is 11.6 Å². The predicted octanol–water partition coefficient (Wildman–Crippen LogP) is 2.51. The Labute approximate surface area is 91.2 Å². The zero-order valence-electron chi connectivity index (χ0n) is 9.43. The highest BCUT2D eigenvalue weighted by atomic mass is 15.0. The summed E-state index contributed by atoms with van der Waals surface area (Å²) in [7, 11) is 0. The lowest BCUT2D eigenvalue weighted by Crippen LogP contribution is -2.20. The van der Waals surface area contributed by atoms with Crippen molar-refractivity contribution in [1.29, 1.82) is 5.41 Å². The standard InChI is InChI=1S/C12H19N3/c1-3-5-10-6-7-11(15-12(13)14)8-9(10)4-2/h6-8H,3-5H2,1-2H3,(H4,13,14,15). The molecule has 0 saturated carbocycles. The van der Waals surface area contributed by atoms with Gasteiger partial charge in [0, 0.05) is 5.69 Å². The van der Waals surface area contributed by atoms with Crippen molar-refractivity contribution < 1.29 is 0 Å². The molecule has 0 radical (unpaired) electrons. The summed E-state index contributed by atoms with van der Waals surface area (Å²) < 4.78 is 0. The van der Waals surface area contributed by atoms with E-state index in [0.29, 0.717) is 0 Å². The summed E-state index contributed by atoms with van der Waals surface area (Å²) in [6.07, 6.45) is 3.29. The van der Waals surface area contributed by atoms with E-state index in [1.807, 2.05) is 6.07 Å². The lowest BCUT2D eigenvalue weighted by atomic mass is 10.0. The van der Waals surface area contributed by atoms with E-state index in [2.05, 4.69) is 31.3 Å². The Balaban J connectivity index is 2.91. The van der Waals surface area contributed by atoms with E-state index >= 15 is 0 Å². The minimum atomic E-state index is -0.0136. The van der Waals surface area contributed by atoms with E-state index in [9.17, 15) is 0 Å². The molecule has 0 heterocycles. The van der Waals surface area contributed by atoms with Crippen LogP contribution in [0.3, 0.4) is 0 Å². The second-order valence-corrected chi connectivity index (χ2v) is 3.63. The SMILES string of the molecule is CCCc1ccc(NC(=N)N)cc1CC. The van der Waals surface area contributed by atoms with E-state index < -0.39 is 0 Å². The van der Waals surface area contributed by atoms with Crippen LogP contribution < -0.4 is 11.1 Å². The van der Waals surface area contributed by atoms with Gasteiger partial charge >= 0.3 is 0 Å². The van der Waals surface area contributed by atoms with Gasteiger partial charge in [-0.1, -0.05) is 26.3 Å². The van der Waals surface area contributed by atoms with Crippen LogP contribution in [-0.2, 0) is 12.8 Å². The van der Waals surface area contributed by atoms with E-state index in [4.69, 9.17) is 11.1 Å². The molecule has 0 aliphatic heterocycles. The first kappa shape index (κ1) is 11.6. The summed E-state index contributed by atoms with van der Waals surface area (Å²) in [6, 6.07) is 6.17. The number of anilines is 1. The Morgan fingerprint density at radius 3 is 2.60 bits per heavy atom. The fraction of sp³-hybridized carbons (Fsp3) is 0.417. The Morgan fingerprint density at radius 2 is 2.07 bits per heavy atom. The van der Waals surface area contributed by atoms with Gasteiger partial charge in [0.15, 0.2) is 5.96 Å². The monoisotopic (exact) mass is 205 g/mol. The van der Waals surface area contributed by atoms with Crippen LogP contribution in [0, 0.1) is 5.41 Å². The van der Waals surface area contributed by atoms with Gasteiger partial charge in [0.1, 0.15) is 0 Å². The average molecular weight is 205 g/mol. The molecule has 4 N–H and O–H groups in total. The number of hydrogen-bond donors (Lipinski definition) is 3. The molecular formula is C12H19N3. The number of aryl methyl sites for hydroxylation is 2. The maximum atomic E-state index is 7.16. The summed E-state index contributed by atoms with van der Waals surface area (Å²) in [5, 5.41) is 9.97. The van der Waals surface area contributed by atoms with Crippen molar-refractivity contribution in [3.63, 3.8) is 0 Å². The van der Waals surface area contributed by atoms with Crippen LogP contribution in [0.4, 0.5) is 5.69 Å². The van der Waals surface area contributed by atoms with Crippen LogP contribution >= 0.6 is 0 Å². The van der Waals surface area contributed by atoms with Crippen molar-refractivity contribution in [3.05, 3.63) is 29.3 Å². The molecule has 0 aromatic heterocycles. The minimum absolute atomic E-state index is 0.0136. The Bertz CT molecular complexity index is 345. The molecule has 0 saturated heterocycles. The average Bonchev–Trinajstić information content (AvgIpc) is 2.20. The number of rotatable bonds is 4. The fourth-order valence-electron chi connectivity index (χ4n) is 1.70. The molecule has 0 fully saturated rings. The first-order valence-electron chi connectivity index (χ1n) is 5.40. The molecule has 15 heavy (non-hydrogen) atoms. The van der Waals surface area contributed by atoms with Crippen LogP contribution in [0.25, 0.3) is 0 Å². The number of benzene rings is 1. The van der Waals surface area contributed by atoms with Gasteiger partial charge in [-0.2, -0.15) is 0 Å². The highest BCUT2D eigenvalue weighted by Crippen LogP contribution is 2.17. The first-order chi connectivity index (χ1) is 7.17. The third kappa shape index (κ3) is 3.27. The minimum Gasteiger partial charge on any atom is -0.370 e. The van der Waals surface area contributed by atoms with Gasteiger partial charge in [-0.25, -0.2) is 0 Å². The van der Waals surface area contributed by atoms with E-state index in [1.54, 1.807) is 0 Å². The lowest BCUT2D eigenvalue weighted by molar-refractivity contribution is 0.900. The zero-order chi connectivity index (χ0) is 11.3. The van der Waals surface area contributed by atoms with Crippen molar-refractivity contribution in [2.45, 2.75) is 33.1 Å². The Kier molecular flexibility index (Phi) is 4.16. The van der Waals surface area contributed by atoms with Crippen LogP contribution in [-0.4, -0.2) is 5.96 Å². The predicted molar refractivity (Wildman–Crippen MR) is 65.4 cm³/mol. The largest absolute Gasteiger partial charge is 0.370 e. The Morgan fingerprint density at radius 1 is 1.33 bits per heavy atom. The second kappa shape index (κ2) is 5.39. The van der Waals surface area contributed by atoms with E-state index in [1.165, 1.54) is 11.1 Å².